The minimum atomic E-state index is -0.596. The first-order chi connectivity index (χ1) is 10.3. The van der Waals surface area contributed by atoms with Gasteiger partial charge in [-0.3, -0.25) is 0 Å². The number of nitrogens with zero attached hydrogens (tertiary/aromatic N) is 2. The lowest BCUT2D eigenvalue weighted by Crippen LogP contribution is -2.41. The summed E-state index contributed by atoms with van der Waals surface area (Å²) < 4.78 is 26.4. The summed E-state index contributed by atoms with van der Waals surface area (Å²) in [6, 6.07) is 11.4. The summed E-state index contributed by atoms with van der Waals surface area (Å²) in [7, 11) is -0.596. The van der Waals surface area contributed by atoms with E-state index in [0.717, 1.165) is 5.56 Å². The molecule has 1 aliphatic rings. The number of hydrogen-bond acceptors (Lipinski definition) is 4. The van der Waals surface area contributed by atoms with Crippen molar-refractivity contribution in [3.05, 3.63) is 36.4 Å². The highest BCUT2D eigenvalue weighted by Crippen LogP contribution is 2.36. The molecule has 4 nitrogen and oxygen atoms in total. The molecular weight excluding hydrogens is 302 g/mol. The summed E-state index contributed by atoms with van der Waals surface area (Å²) in [5.41, 5.74) is 1.25. The van der Waals surface area contributed by atoms with E-state index in [2.05, 4.69) is 5.10 Å². The van der Waals surface area contributed by atoms with Gasteiger partial charge in [0, 0.05) is 5.56 Å². The number of benzene rings is 1. The lowest BCUT2D eigenvalue weighted by Gasteiger charge is -2.32. The van der Waals surface area contributed by atoms with Crippen molar-refractivity contribution in [3.63, 3.8) is 0 Å². The van der Waals surface area contributed by atoms with Crippen LogP contribution in [0, 0.1) is 0 Å². The van der Waals surface area contributed by atoms with Crippen LogP contribution in [0.5, 0.6) is 0 Å². The number of halogens is 1. The molecule has 2 heterocycles. The first kappa shape index (κ1) is 15.6. The molecule has 1 aromatic heterocycles. The third-order valence-corrected chi connectivity index (χ3v) is 4.74. The van der Waals surface area contributed by atoms with Gasteiger partial charge in [0.25, 0.3) is 0 Å². The maximum Gasteiger partial charge on any atom is 0.516 e. The molecule has 1 aliphatic heterocycles. The molecular formula is C15H18BFN2O2S. The summed E-state index contributed by atoms with van der Waals surface area (Å²) in [6.07, 6.45) is 0. The van der Waals surface area contributed by atoms with Gasteiger partial charge in [-0.15, -0.1) is 3.89 Å². The van der Waals surface area contributed by atoms with Crippen LogP contribution >= 0.6 is 12.3 Å². The first-order valence-electron chi connectivity index (χ1n) is 7.14. The summed E-state index contributed by atoms with van der Waals surface area (Å²) in [4.78, 5) is 0. The van der Waals surface area contributed by atoms with Gasteiger partial charge in [0.05, 0.1) is 22.5 Å². The van der Waals surface area contributed by atoms with Crippen molar-refractivity contribution in [2.24, 2.45) is 0 Å². The van der Waals surface area contributed by atoms with E-state index in [1.165, 1.54) is 4.09 Å². The fourth-order valence-corrected chi connectivity index (χ4v) is 2.67. The van der Waals surface area contributed by atoms with E-state index in [4.69, 9.17) is 9.31 Å². The maximum atomic E-state index is 13.2. The van der Waals surface area contributed by atoms with Crippen molar-refractivity contribution < 1.29 is 13.2 Å². The molecule has 0 bridgehead atoms. The first-order valence-corrected chi connectivity index (χ1v) is 7.81. The van der Waals surface area contributed by atoms with Crippen LogP contribution in [0.3, 0.4) is 0 Å². The molecule has 7 heteroatoms. The van der Waals surface area contributed by atoms with Gasteiger partial charge in [-0.1, -0.05) is 30.3 Å². The molecule has 0 atom stereocenters. The maximum absolute atomic E-state index is 13.2. The normalized spacial score (nSPS) is 19.6. The average Bonchev–Trinajstić information content (AvgIpc) is 2.99. The van der Waals surface area contributed by atoms with Gasteiger partial charge in [0.2, 0.25) is 0 Å². The van der Waals surface area contributed by atoms with Crippen molar-refractivity contribution in [3.8, 4) is 11.3 Å². The fraction of sp³-hybridized carbons (Fsp3) is 0.400. The van der Waals surface area contributed by atoms with Gasteiger partial charge < -0.3 is 9.31 Å². The summed E-state index contributed by atoms with van der Waals surface area (Å²) in [5, 5.41) is 4.27. The third kappa shape index (κ3) is 2.57. The van der Waals surface area contributed by atoms with Crippen LogP contribution in [0.25, 0.3) is 11.3 Å². The fourth-order valence-electron chi connectivity index (χ4n) is 2.32. The second kappa shape index (κ2) is 5.40. The Balaban J connectivity index is 1.96. The number of hydrogen-bond donors (Lipinski definition) is 0. The van der Waals surface area contributed by atoms with E-state index in [0.29, 0.717) is 11.3 Å². The van der Waals surface area contributed by atoms with Gasteiger partial charge in [-0.2, -0.15) is 9.19 Å². The molecule has 22 heavy (non-hydrogen) atoms. The van der Waals surface area contributed by atoms with Crippen LogP contribution in [0.15, 0.2) is 36.4 Å². The summed E-state index contributed by atoms with van der Waals surface area (Å²) in [6.45, 7) is 7.91. The van der Waals surface area contributed by atoms with E-state index in [-0.39, 0.29) is 12.3 Å². The van der Waals surface area contributed by atoms with Crippen LogP contribution in [-0.4, -0.2) is 27.5 Å². The molecule has 0 aliphatic carbocycles. The predicted octanol–water partition coefficient (Wildman–Crippen LogP) is 3.23. The van der Waals surface area contributed by atoms with Crippen LogP contribution < -0.4 is 5.59 Å². The molecule has 1 aromatic carbocycles. The molecule has 0 amide bonds. The number of rotatable bonds is 3. The van der Waals surface area contributed by atoms with Crippen LogP contribution in [-0.2, 0) is 9.31 Å². The molecule has 1 saturated heterocycles. The SMILES string of the molecule is CC1(C)OB(c2cc(-c3ccccc3)n(SF)n2)OC1(C)C. The van der Waals surface area contributed by atoms with Crippen LogP contribution in [0.2, 0.25) is 0 Å². The van der Waals surface area contributed by atoms with Gasteiger partial charge in [-0.25, -0.2) is 0 Å². The quantitative estimate of drug-likeness (QED) is 0.814. The molecule has 2 aromatic rings. The Labute approximate surface area is 134 Å². The smallest absolute Gasteiger partial charge is 0.398 e. The highest BCUT2D eigenvalue weighted by Gasteiger charge is 2.52. The molecule has 116 valence electrons. The van der Waals surface area contributed by atoms with E-state index in [1.807, 2.05) is 64.1 Å². The molecule has 0 N–H and O–H groups in total. The van der Waals surface area contributed by atoms with Gasteiger partial charge >= 0.3 is 7.12 Å². The van der Waals surface area contributed by atoms with Crippen molar-refractivity contribution in [1.29, 1.82) is 0 Å². The molecule has 0 radical (unpaired) electrons. The van der Waals surface area contributed by atoms with Crippen molar-refractivity contribution in [1.82, 2.24) is 9.19 Å². The second-order valence-corrected chi connectivity index (χ2v) is 6.83. The van der Waals surface area contributed by atoms with Gasteiger partial charge in [0.1, 0.15) is 0 Å². The Morgan fingerprint density at radius 2 is 1.68 bits per heavy atom. The molecule has 0 unspecified atom stereocenters. The van der Waals surface area contributed by atoms with Gasteiger partial charge in [0.15, 0.2) is 12.3 Å². The largest absolute Gasteiger partial charge is 0.516 e. The Kier molecular flexibility index (Phi) is 3.83. The zero-order valence-corrected chi connectivity index (χ0v) is 13.9. The Hall–Kier alpha value is -1.31. The zero-order valence-electron chi connectivity index (χ0n) is 13.0. The summed E-state index contributed by atoms with van der Waals surface area (Å²) >= 11 is 0.0641. The summed E-state index contributed by atoms with van der Waals surface area (Å²) in [5.74, 6) is 0. The Morgan fingerprint density at radius 3 is 2.23 bits per heavy atom. The van der Waals surface area contributed by atoms with Crippen LogP contribution in [0.1, 0.15) is 27.7 Å². The van der Waals surface area contributed by atoms with E-state index in [1.54, 1.807) is 0 Å². The highest BCUT2D eigenvalue weighted by molar-refractivity contribution is 7.92. The zero-order chi connectivity index (χ0) is 16.0. The second-order valence-electron chi connectivity index (χ2n) is 6.35. The monoisotopic (exact) mass is 320 g/mol. The van der Waals surface area contributed by atoms with E-state index in [9.17, 15) is 3.89 Å². The lowest BCUT2D eigenvalue weighted by molar-refractivity contribution is 0.00578. The molecule has 0 spiro atoms. The van der Waals surface area contributed by atoms with Crippen molar-refractivity contribution in [2.75, 3.05) is 0 Å². The topological polar surface area (TPSA) is 36.3 Å². The number of aromatic nitrogens is 2. The molecule has 0 saturated carbocycles. The van der Waals surface area contributed by atoms with E-state index >= 15 is 0 Å². The van der Waals surface area contributed by atoms with E-state index < -0.39 is 18.3 Å². The third-order valence-electron chi connectivity index (χ3n) is 4.33. The predicted molar refractivity (Wildman–Crippen MR) is 87.5 cm³/mol. The molecule has 3 rings (SSSR count). The van der Waals surface area contributed by atoms with Crippen molar-refractivity contribution >= 4 is 25.0 Å². The Bertz CT molecular complexity index is 659. The minimum Gasteiger partial charge on any atom is -0.398 e. The lowest BCUT2D eigenvalue weighted by atomic mass is 9.84. The highest BCUT2D eigenvalue weighted by atomic mass is 32.2. The standard InChI is InChI=1S/C15H18BFN2O2S/c1-14(2)15(3,4)21-16(20-14)13-10-12(19(18-13)22-17)11-8-6-5-7-9-11/h5-10H,1-4H3. The van der Waals surface area contributed by atoms with Gasteiger partial charge in [-0.05, 0) is 33.8 Å². The Morgan fingerprint density at radius 1 is 1.09 bits per heavy atom. The van der Waals surface area contributed by atoms with Crippen molar-refractivity contribution in [2.45, 2.75) is 38.9 Å². The molecule has 1 fully saturated rings. The average molecular weight is 320 g/mol. The minimum absolute atomic E-state index is 0.0641. The van der Waals surface area contributed by atoms with Crippen LogP contribution in [0.4, 0.5) is 3.89 Å².